The van der Waals surface area contributed by atoms with Crippen molar-refractivity contribution in [3.8, 4) is 11.4 Å². The number of pyridine rings is 1. The third-order valence-corrected chi connectivity index (χ3v) is 5.01. The first-order valence-electron chi connectivity index (χ1n) is 8.10. The molecule has 0 atom stereocenters. The van der Waals surface area contributed by atoms with E-state index in [0.29, 0.717) is 33.6 Å². The predicted molar refractivity (Wildman–Crippen MR) is 101 cm³/mol. The second kappa shape index (κ2) is 6.84. The molecule has 1 aromatic carbocycles. The van der Waals surface area contributed by atoms with Crippen LogP contribution in [-0.2, 0) is 5.75 Å². The number of aryl methyl sites for hydroxylation is 1. The fraction of sp³-hybridized carbons (Fsp3) is 0.111. The van der Waals surface area contributed by atoms with E-state index in [2.05, 4.69) is 15.2 Å². The molecule has 2 N–H and O–H groups in total. The molecule has 0 aliphatic heterocycles. The fourth-order valence-corrected chi connectivity index (χ4v) is 3.52. The minimum Gasteiger partial charge on any atom is -0.335 e. The zero-order valence-corrected chi connectivity index (χ0v) is 15.2. The van der Waals surface area contributed by atoms with Gasteiger partial charge in [0.25, 0.3) is 5.56 Å². The normalized spacial score (nSPS) is 11.2. The molecule has 136 valence electrons. The van der Waals surface area contributed by atoms with Crippen LogP contribution in [0.4, 0.5) is 4.39 Å². The van der Waals surface area contributed by atoms with Crippen molar-refractivity contribution in [2.45, 2.75) is 17.8 Å². The van der Waals surface area contributed by atoms with E-state index in [1.807, 2.05) is 19.1 Å². The van der Waals surface area contributed by atoms with Crippen LogP contribution < -0.4 is 11.4 Å². The van der Waals surface area contributed by atoms with Gasteiger partial charge >= 0.3 is 0 Å². The van der Waals surface area contributed by atoms with Crippen molar-refractivity contribution in [2.24, 2.45) is 0 Å². The molecule has 0 saturated carbocycles. The van der Waals surface area contributed by atoms with Crippen LogP contribution in [0.3, 0.4) is 0 Å². The Kier molecular flexibility index (Phi) is 4.36. The minimum atomic E-state index is -0.374. The molecule has 0 aliphatic rings. The monoisotopic (exact) mass is 382 g/mol. The van der Waals surface area contributed by atoms with Crippen LogP contribution in [-0.4, -0.2) is 24.3 Å². The summed E-state index contributed by atoms with van der Waals surface area (Å²) >= 11 is 1.30. The summed E-state index contributed by atoms with van der Waals surface area (Å²) in [5, 5.41) is 8.53. The number of aromatic nitrogens is 5. The largest absolute Gasteiger partial charge is 0.335 e. The molecule has 7 nitrogen and oxygen atoms in total. The minimum absolute atomic E-state index is 0.136. The SMILES string of the molecule is Cc1cccc2nc(CSc3nnc(-c4cccc(F)c4)n3N)cc(=O)n12. The summed E-state index contributed by atoms with van der Waals surface area (Å²) in [5.41, 5.74) is 2.43. The van der Waals surface area contributed by atoms with E-state index in [-0.39, 0.29) is 11.4 Å². The van der Waals surface area contributed by atoms with Crippen molar-refractivity contribution in [3.63, 3.8) is 0 Å². The average Bonchev–Trinajstić information content (AvgIpc) is 3.00. The molecule has 9 heteroatoms. The molecule has 0 aliphatic carbocycles. The summed E-state index contributed by atoms with van der Waals surface area (Å²) in [7, 11) is 0. The molecule has 0 unspecified atom stereocenters. The van der Waals surface area contributed by atoms with Crippen LogP contribution in [0, 0.1) is 12.7 Å². The molecule has 3 heterocycles. The second-order valence-electron chi connectivity index (χ2n) is 5.92. The number of halogens is 1. The first-order chi connectivity index (χ1) is 13.0. The summed E-state index contributed by atoms with van der Waals surface area (Å²) in [5.74, 6) is 6.44. The number of hydrogen-bond donors (Lipinski definition) is 1. The first-order valence-corrected chi connectivity index (χ1v) is 9.09. The highest BCUT2D eigenvalue weighted by Crippen LogP contribution is 2.24. The number of nitrogen functional groups attached to an aromatic ring is 1. The molecule has 0 amide bonds. The Labute approximate surface area is 157 Å². The van der Waals surface area contributed by atoms with E-state index < -0.39 is 0 Å². The maximum Gasteiger partial charge on any atom is 0.258 e. The molecule has 0 bridgehead atoms. The van der Waals surface area contributed by atoms with Crippen molar-refractivity contribution in [1.82, 2.24) is 24.3 Å². The highest BCUT2D eigenvalue weighted by atomic mass is 32.2. The average molecular weight is 382 g/mol. The van der Waals surface area contributed by atoms with Gasteiger partial charge in [-0.3, -0.25) is 9.20 Å². The lowest BCUT2D eigenvalue weighted by Gasteiger charge is -2.06. The lowest BCUT2D eigenvalue weighted by Crippen LogP contribution is -2.17. The topological polar surface area (TPSA) is 91.1 Å². The van der Waals surface area contributed by atoms with Crippen LogP contribution in [0.15, 0.2) is 58.5 Å². The van der Waals surface area contributed by atoms with Crippen molar-refractivity contribution in [1.29, 1.82) is 0 Å². The summed E-state index contributed by atoms with van der Waals surface area (Å²) < 4.78 is 16.3. The van der Waals surface area contributed by atoms with Crippen LogP contribution in [0.1, 0.15) is 11.4 Å². The molecule has 0 radical (unpaired) electrons. The summed E-state index contributed by atoms with van der Waals surface area (Å²) in [6, 6.07) is 13.0. The number of benzene rings is 1. The van der Waals surface area contributed by atoms with E-state index in [1.54, 1.807) is 22.6 Å². The molecule has 27 heavy (non-hydrogen) atoms. The fourth-order valence-electron chi connectivity index (χ4n) is 2.78. The van der Waals surface area contributed by atoms with Crippen molar-refractivity contribution >= 4 is 17.4 Å². The van der Waals surface area contributed by atoms with Gasteiger partial charge in [0.2, 0.25) is 5.16 Å². The maximum absolute atomic E-state index is 13.4. The quantitative estimate of drug-likeness (QED) is 0.431. The van der Waals surface area contributed by atoms with Gasteiger partial charge in [-0.25, -0.2) is 14.1 Å². The smallest absolute Gasteiger partial charge is 0.258 e. The molecule has 3 aromatic heterocycles. The zero-order valence-electron chi connectivity index (χ0n) is 14.3. The van der Waals surface area contributed by atoms with Crippen LogP contribution in [0.25, 0.3) is 17.0 Å². The van der Waals surface area contributed by atoms with Gasteiger partial charge in [0.1, 0.15) is 11.5 Å². The Hall–Kier alpha value is -3.20. The molecule has 0 saturated heterocycles. The molecule has 0 fully saturated rings. The predicted octanol–water partition coefficient (Wildman–Crippen LogP) is 2.41. The number of rotatable bonds is 4. The van der Waals surface area contributed by atoms with Crippen LogP contribution in [0.2, 0.25) is 0 Å². The Morgan fingerprint density at radius 2 is 1.96 bits per heavy atom. The Morgan fingerprint density at radius 1 is 1.15 bits per heavy atom. The van der Waals surface area contributed by atoms with Gasteiger partial charge in [-0.1, -0.05) is 30.0 Å². The first kappa shape index (κ1) is 17.2. The Balaban J connectivity index is 1.60. The van der Waals surface area contributed by atoms with Crippen molar-refractivity contribution in [2.75, 3.05) is 5.84 Å². The molecular formula is C18H15FN6OS. The van der Waals surface area contributed by atoms with E-state index in [9.17, 15) is 9.18 Å². The lowest BCUT2D eigenvalue weighted by atomic mass is 10.2. The van der Waals surface area contributed by atoms with Gasteiger partial charge in [-0.05, 0) is 31.2 Å². The third-order valence-electron chi connectivity index (χ3n) is 4.03. The summed E-state index contributed by atoms with van der Waals surface area (Å²) in [4.78, 5) is 16.9. The van der Waals surface area contributed by atoms with Crippen LogP contribution >= 0.6 is 11.8 Å². The van der Waals surface area contributed by atoms with E-state index in [1.165, 1.54) is 34.6 Å². The highest BCUT2D eigenvalue weighted by Gasteiger charge is 2.13. The molecule has 0 spiro atoms. The number of thioether (sulfide) groups is 1. The van der Waals surface area contributed by atoms with Crippen molar-refractivity contribution < 1.29 is 4.39 Å². The number of hydrogen-bond acceptors (Lipinski definition) is 6. The lowest BCUT2D eigenvalue weighted by molar-refractivity contribution is 0.628. The van der Waals surface area contributed by atoms with Gasteiger partial charge in [-0.2, -0.15) is 0 Å². The second-order valence-corrected chi connectivity index (χ2v) is 6.86. The van der Waals surface area contributed by atoms with E-state index in [4.69, 9.17) is 5.84 Å². The van der Waals surface area contributed by atoms with E-state index in [0.717, 1.165) is 5.69 Å². The van der Waals surface area contributed by atoms with Gasteiger partial charge in [0, 0.05) is 23.1 Å². The Bertz CT molecular complexity index is 1200. The third kappa shape index (κ3) is 3.28. The van der Waals surface area contributed by atoms with Crippen LogP contribution in [0.5, 0.6) is 0 Å². The van der Waals surface area contributed by atoms with E-state index >= 15 is 0 Å². The Morgan fingerprint density at radius 3 is 2.78 bits per heavy atom. The standard InChI is InChI=1S/C18H15FN6OS/c1-11-4-2-7-15-21-14(9-16(26)24(11)15)10-27-18-23-22-17(25(18)20)12-5-3-6-13(19)8-12/h2-9H,10,20H2,1H3. The maximum atomic E-state index is 13.4. The van der Waals surface area contributed by atoms with Gasteiger partial charge in [-0.15, -0.1) is 10.2 Å². The van der Waals surface area contributed by atoms with Gasteiger partial charge < -0.3 is 5.84 Å². The number of nitrogens with zero attached hydrogens (tertiary/aromatic N) is 5. The molecule has 4 aromatic rings. The highest BCUT2D eigenvalue weighted by molar-refractivity contribution is 7.98. The molecule has 4 rings (SSSR count). The molecular weight excluding hydrogens is 367 g/mol. The summed E-state index contributed by atoms with van der Waals surface area (Å²) in [6.07, 6.45) is 0. The summed E-state index contributed by atoms with van der Waals surface area (Å²) in [6.45, 7) is 1.86. The van der Waals surface area contributed by atoms with Gasteiger partial charge in [0.15, 0.2) is 5.82 Å². The zero-order chi connectivity index (χ0) is 19.0. The number of fused-ring (bicyclic) bond motifs is 1. The van der Waals surface area contributed by atoms with Crippen molar-refractivity contribution in [3.05, 3.63) is 76.1 Å². The van der Waals surface area contributed by atoms with Gasteiger partial charge in [0.05, 0.1) is 5.69 Å². The number of nitrogens with two attached hydrogens (primary N) is 1.